The van der Waals surface area contributed by atoms with Crippen molar-refractivity contribution < 1.29 is 0 Å². The molecular formula is C16H30P2S. The molecular weight excluding hydrogens is 286 g/mol. The molecule has 2 aliphatic rings. The Morgan fingerprint density at radius 1 is 0.684 bits per heavy atom. The van der Waals surface area contributed by atoms with Crippen LogP contribution in [0.4, 0.5) is 0 Å². The molecule has 3 heteroatoms. The van der Waals surface area contributed by atoms with Gasteiger partial charge < -0.3 is 0 Å². The Labute approximate surface area is 123 Å². The predicted octanol–water partition coefficient (Wildman–Crippen LogP) is 4.21. The van der Waals surface area contributed by atoms with Crippen molar-refractivity contribution in [1.82, 2.24) is 0 Å². The van der Waals surface area contributed by atoms with Crippen LogP contribution in [-0.4, -0.2) is 51.3 Å². The third-order valence-electron chi connectivity index (χ3n) is 6.27. The fraction of sp³-hybridized carbons (Fsp3) is 0.750. The molecule has 2 fully saturated rings. The van der Waals surface area contributed by atoms with Gasteiger partial charge in [-0.3, -0.25) is 0 Å². The first-order valence-electron chi connectivity index (χ1n) is 7.80. The second-order valence-corrected chi connectivity index (χ2v) is 23.1. The van der Waals surface area contributed by atoms with Crippen molar-refractivity contribution in [2.75, 3.05) is 51.3 Å². The number of rotatable bonds is 2. The molecule has 0 N–H and O–H groups in total. The monoisotopic (exact) mass is 316 g/mol. The van der Waals surface area contributed by atoms with Crippen molar-refractivity contribution in [3.8, 4) is 0 Å². The topological polar surface area (TPSA) is 0 Å². The molecule has 2 saturated heterocycles. The summed E-state index contributed by atoms with van der Waals surface area (Å²) < 4.78 is 0. The number of hydrogen-bond acceptors (Lipinski definition) is 1. The van der Waals surface area contributed by atoms with Gasteiger partial charge in [-0.05, 0) is 0 Å². The van der Waals surface area contributed by atoms with Gasteiger partial charge in [0, 0.05) is 0 Å². The Morgan fingerprint density at radius 3 is 1.32 bits per heavy atom. The van der Waals surface area contributed by atoms with Gasteiger partial charge in [0.15, 0.2) is 0 Å². The fourth-order valence-corrected chi connectivity index (χ4v) is 18.7. The van der Waals surface area contributed by atoms with Crippen LogP contribution in [0.15, 0.2) is 10.8 Å². The molecule has 3 rings (SSSR count). The fourth-order valence-electron chi connectivity index (χ4n) is 4.61. The molecule has 0 atom stereocenters. The summed E-state index contributed by atoms with van der Waals surface area (Å²) in [6, 6.07) is 0. The minimum atomic E-state index is -1.55. The van der Waals surface area contributed by atoms with Gasteiger partial charge in [-0.2, -0.15) is 0 Å². The zero-order chi connectivity index (χ0) is 13.8. The molecule has 0 aliphatic carbocycles. The van der Waals surface area contributed by atoms with Gasteiger partial charge in [0.2, 0.25) is 0 Å². The van der Waals surface area contributed by atoms with Crippen LogP contribution in [0.5, 0.6) is 0 Å². The van der Waals surface area contributed by atoms with Gasteiger partial charge in [-0.25, -0.2) is 0 Å². The summed E-state index contributed by atoms with van der Waals surface area (Å²) in [7, 11) is 0. The Kier molecular flexibility index (Phi) is 3.09. The van der Waals surface area contributed by atoms with Gasteiger partial charge in [-0.1, -0.05) is 0 Å². The van der Waals surface area contributed by atoms with E-state index >= 15 is 0 Å². The van der Waals surface area contributed by atoms with Crippen molar-refractivity contribution in [3.63, 3.8) is 0 Å². The molecule has 0 amide bonds. The number of thiophene rings is 1. The average molecular weight is 316 g/mol. The summed E-state index contributed by atoms with van der Waals surface area (Å²) in [6.07, 6.45) is 12.0. The van der Waals surface area contributed by atoms with Gasteiger partial charge in [0.1, 0.15) is 0 Å². The van der Waals surface area contributed by atoms with Crippen LogP contribution in [-0.2, 0) is 0 Å². The van der Waals surface area contributed by atoms with Crippen LogP contribution >= 0.6 is 24.5 Å². The van der Waals surface area contributed by atoms with Crippen molar-refractivity contribution in [3.05, 3.63) is 10.8 Å². The standard InChI is InChI=1S/C16H30P2S/c1-17(2,9-5-6-10-17)15-13-19-14-16(15)18(3,4)11-7-8-12-18/h13-14H,5-12H2,1-4H3. The molecule has 19 heavy (non-hydrogen) atoms. The SMILES string of the molecule is CP1(C)(c2cscc2P2(C)(C)CCCC2)CCCC1. The summed E-state index contributed by atoms with van der Waals surface area (Å²) in [5.74, 6) is 0. The third-order valence-corrected chi connectivity index (χ3v) is 18.6. The van der Waals surface area contributed by atoms with E-state index in [1.54, 1.807) is 0 Å². The van der Waals surface area contributed by atoms with E-state index in [-0.39, 0.29) is 0 Å². The van der Waals surface area contributed by atoms with Crippen molar-refractivity contribution in [2.45, 2.75) is 25.7 Å². The first kappa shape index (κ1) is 14.5. The Bertz CT molecular complexity index is 448. The van der Waals surface area contributed by atoms with Crippen molar-refractivity contribution in [2.24, 2.45) is 0 Å². The third kappa shape index (κ3) is 2.16. The second kappa shape index (κ2) is 4.06. The molecule has 0 saturated carbocycles. The van der Waals surface area contributed by atoms with Crippen molar-refractivity contribution >= 4 is 35.2 Å². The number of hydrogen-bond donors (Lipinski definition) is 0. The van der Waals surface area contributed by atoms with Crippen LogP contribution in [0.2, 0.25) is 0 Å². The van der Waals surface area contributed by atoms with E-state index in [0.29, 0.717) is 0 Å². The van der Waals surface area contributed by atoms with Crippen LogP contribution in [0.3, 0.4) is 0 Å². The van der Waals surface area contributed by atoms with Gasteiger partial charge >= 0.3 is 123 Å². The summed E-state index contributed by atoms with van der Waals surface area (Å²) in [5, 5.41) is 8.88. The van der Waals surface area contributed by atoms with E-state index in [4.69, 9.17) is 0 Å². The van der Waals surface area contributed by atoms with Crippen LogP contribution < -0.4 is 10.6 Å². The van der Waals surface area contributed by atoms with Gasteiger partial charge in [0.05, 0.1) is 0 Å². The Balaban J connectivity index is 2.14. The summed E-state index contributed by atoms with van der Waals surface area (Å²) in [4.78, 5) is 0. The van der Waals surface area contributed by atoms with E-state index in [0.717, 1.165) is 0 Å². The quantitative estimate of drug-likeness (QED) is 0.717. The molecule has 0 aromatic carbocycles. The normalized spacial score (nSPS) is 34.9. The first-order chi connectivity index (χ1) is 8.72. The van der Waals surface area contributed by atoms with Gasteiger partial charge in [0.25, 0.3) is 0 Å². The summed E-state index contributed by atoms with van der Waals surface area (Å²) in [5.41, 5.74) is 0. The second-order valence-electron chi connectivity index (χ2n) is 8.85. The molecule has 0 bridgehead atoms. The van der Waals surface area contributed by atoms with Crippen LogP contribution in [0, 0.1) is 0 Å². The molecule has 0 unspecified atom stereocenters. The Morgan fingerprint density at radius 2 is 1.00 bits per heavy atom. The summed E-state index contributed by atoms with van der Waals surface area (Å²) in [6.45, 7) is 7.61. The molecule has 1 aromatic heterocycles. The summed E-state index contributed by atoms with van der Waals surface area (Å²) >= 11 is 2.00. The van der Waals surface area contributed by atoms with E-state index in [1.165, 1.54) is 50.3 Å². The Hall–Kier alpha value is 0.560. The maximum atomic E-state index is 2.68. The minimum absolute atomic E-state index is 1.48. The molecule has 1 aromatic rings. The van der Waals surface area contributed by atoms with E-state index in [1.807, 2.05) is 21.9 Å². The van der Waals surface area contributed by atoms with E-state index < -0.39 is 13.2 Å². The molecule has 2 aliphatic heterocycles. The van der Waals surface area contributed by atoms with Crippen LogP contribution in [0.25, 0.3) is 0 Å². The first-order valence-corrected chi connectivity index (χ1v) is 15.7. The van der Waals surface area contributed by atoms with Gasteiger partial charge in [-0.15, -0.1) is 0 Å². The average Bonchev–Trinajstić information content (AvgIpc) is 2.98. The molecule has 3 heterocycles. The molecule has 0 spiro atoms. The molecule has 0 radical (unpaired) electrons. The van der Waals surface area contributed by atoms with E-state index in [9.17, 15) is 0 Å². The molecule has 110 valence electrons. The zero-order valence-electron chi connectivity index (χ0n) is 13.1. The zero-order valence-corrected chi connectivity index (χ0v) is 15.7. The van der Waals surface area contributed by atoms with Crippen molar-refractivity contribution in [1.29, 1.82) is 0 Å². The molecule has 0 nitrogen and oxygen atoms in total. The maximum absolute atomic E-state index is 2.68. The van der Waals surface area contributed by atoms with Crippen LogP contribution in [0.1, 0.15) is 25.7 Å². The predicted molar refractivity (Wildman–Crippen MR) is 99.1 cm³/mol. The van der Waals surface area contributed by atoms with E-state index in [2.05, 4.69) is 37.4 Å².